The minimum Gasteiger partial charge on any atom is -0.508 e. The van der Waals surface area contributed by atoms with E-state index in [0.717, 1.165) is 11.1 Å². The van der Waals surface area contributed by atoms with Gasteiger partial charge in [-0.1, -0.05) is 0 Å². The molecule has 0 spiro atoms. The van der Waals surface area contributed by atoms with Gasteiger partial charge in [-0.05, 0) is 69.3 Å². The molecule has 5 heteroatoms. The molecule has 3 aromatic rings. The third-order valence-electron chi connectivity index (χ3n) is 3.91. The molecule has 2 N–H and O–H groups in total. The van der Waals surface area contributed by atoms with E-state index in [1.54, 1.807) is 48.5 Å². The number of aromatic hydroxyl groups is 2. The SMILES string of the molecule is CC(C)(C)n1nc(-c2ccc(O)cc2)c(C#N)c1-c1ccc(O)cc1. The summed E-state index contributed by atoms with van der Waals surface area (Å²) >= 11 is 0. The largest absolute Gasteiger partial charge is 0.508 e. The zero-order valence-electron chi connectivity index (χ0n) is 14.4. The predicted molar refractivity (Wildman–Crippen MR) is 96.1 cm³/mol. The normalized spacial score (nSPS) is 11.3. The van der Waals surface area contributed by atoms with Crippen molar-refractivity contribution < 1.29 is 10.2 Å². The van der Waals surface area contributed by atoms with Gasteiger partial charge < -0.3 is 10.2 Å². The van der Waals surface area contributed by atoms with Crippen LogP contribution in [0.2, 0.25) is 0 Å². The molecule has 25 heavy (non-hydrogen) atoms. The van der Waals surface area contributed by atoms with Gasteiger partial charge in [0.15, 0.2) is 0 Å². The monoisotopic (exact) mass is 333 g/mol. The van der Waals surface area contributed by atoms with Gasteiger partial charge in [0.25, 0.3) is 0 Å². The van der Waals surface area contributed by atoms with E-state index >= 15 is 0 Å². The second kappa shape index (κ2) is 5.99. The number of nitriles is 1. The predicted octanol–water partition coefficient (Wildman–Crippen LogP) is 4.25. The lowest BCUT2D eigenvalue weighted by Gasteiger charge is -2.22. The highest BCUT2D eigenvalue weighted by Gasteiger charge is 2.26. The van der Waals surface area contributed by atoms with Crippen molar-refractivity contribution in [2.45, 2.75) is 26.3 Å². The summed E-state index contributed by atoms with van der Waals surface area (Å²) in [7, 11) is 0. The molecule has 1 aromatic heterocycles. The molecule has 1 heterocycles. The minimum absolute atomic E-state index is 0.163. The van der Waals surface area contributed by atoms with Crippen LogP contribution in [0.4, 0.5) is 0 Å². The summed E-state index contributed by atoms with van der Waals surface area (Å²) in [4.78, 5) is 0. The second-order valence-electron chi connectivity index (χ2n) is 6.86. The van der Waals surface area contributed by atoms with E-state index < -0.39 is 0 Å². The average molecular weight is 333 g/mol. The van der Waals surface area contributed by atoms with Gasteiger partial charge in [-0.25, -0.2) is 0 Å². The summed E-state index contributed by atoms with van der Waals surface area (Å²) in [6.07, 6.45) is 0. The number of rotatable bonds is 2. The van der Waals surface area contributed by atoms with Crippen molar-refractivity contribution in [3.63, 3.8) is 0 Å². The van der Waals surface area contributed by atoms with E-state index in [1.807, 2.05) is 25.5 Å². The molecule has 0 radical (unpaired) electrons. The van der Waals surface area contributed by atoms with Crippen molar-refractivity contribution in [2.75, 3.05) is 0 Å². The lowest BCUT2D eigenvalue weighted by molar-refractivity contribution is 0.361. The first-order valence-electron chi connectivity index (χ1n) is 7.93. The number of aromatic nitrogens is 2. The van der Waals surface area contributed by atoms with Gasteiger partial charge in [0.05, 0.1) is 11.2 Å². The van der Waals surface area contributed by atoms with E-state index in [9.17, 15) is 15.5 Å². The molecule has 0 unspecified atom stereocenters. The van der Waals surface area contributed by atoms with Gasteiger partial charge in [0, 0.05) is 11.1 Å². The fourth-order valence-electron chi connectivity index (χ4n) is 2.72. The molecule has 0 atom stereocenters. The van der Waals surface area contributed by atoms with Crippen molar-refractivity contribution in [1.82, 2.24) is 9.78 Å². The lowest BCUT2D eigenvalue weighted by Crippen LogP contribution is -2.24. The maximum atomic E-state index is 9.81. The molecule has 0 fully saturated rings. The summed E-state index contributed by atoms with van der Waals surface area (Å²) in [5.41, 5.74) is 2.97. The Morgan fingerprint density at radius 2 is 1.36 bits per heavy atom. The van der Waals surface area contributed by atoms with Crippen LogP contribution in [0.25, 0.3) is 22.5 Å². The first-order chi connectivity index (χ1) is 11.8. The van der Waals surface area contributed by atoms with Crippen LogP contribution in [-0.2, 0) is 5.54 Å². The summed E-state index contributed by atoms with van der Waals surface area (Å²) in [5.74, 6) is 0.333. The molecule has 2 aromatic carbocycles. The quantitative estimate of drug-likeness (QED) is 0.734. The topological polar surface area (TPSA) is 82.1 Å². The molecule has 0 aliphatic carbocycles. The Balaban J connectivity index is 2.31. The molecule has 3 rings (SSSR count). The van der Waals surface area contributed by atoms with Crippen LogP contribution >= 0.6 is 0 Å². The van der Waals surface area contributed by atoms with Crippen molar-refractivity contribution in [3.8, 4) is 40.1 Å². The van der Waals surface area contributed by atoms with E-state index in [1.165, 1.54) is 0 Å². The van der Waals surface area contributed by atoms with Gasteiger partial charge in [0.2, 0.25) is 0 Å². The zero-order chi connectivity index (χ0) is 18.2. The minimum atomic E-state index is -0.339. The van der Waals surface area contributed by atoms with Crippen LogP contribution in [0, 0.1) is 11.3 Å². The number of phenolic OH excluding ortho intramolecular Hbond substituents is 2. The fourth-order valence-corrected chi connectivity index (χ4v) is 2.72. The van der Waals surface area contributed by atoms with Crippen LogP contribution < -0.4 is 0 Å². The van der Waals surface area contributed by atoms with Gasteiger partial charge in [0.1, 0.15) is 28.8 Å². The van der Waals surface area contributed by atoms with Crippen LogP contribution in [0.5, 0.6) is 11.5 Å². The first-order valence-corrected chi connectivity index (χ1v) is 7.93. The molecule has 0 saturated carbocycles. The van der Waals surface area contributed by atoms with Crippen molar-refractivity contribution in [2.24, 2.45) is 0 Å². The summed E-state index contributed by atoms with van der Waals surface area (Å²) in [6.45, 7) is 6.06. The maximum Gasteiger partial charge on any atom is 0.115 e. The molecule has 0 amide bonds. The summed E-state index contributed by atoms with van der Waals surface area (Å²) < 4.78 is 1.83. The highest BCUT2D eigenvalue weighted by Crippen LogP contribution is 2.36. The maximum absolute atomic E-state index is 9.81. The van der Waals surface area contributed by atoms with Crippen molar-refractivity contribution in [3.05, 3.63) is 54.1 Å². The van der Waals surface area contributed by atoms with Gasteiger partial charge >= 0.3 is 0 Å². The molecular formula is C20H19N3O2. The molecule has 0 bridgehead atoms. The van der Waals surface area contributed by atoms with Crippen LogP contribution in [0.1, 0.15) is 26.3 Å². The number of hydrogen-bond acceptors (Lipinski definition) is 4. The highest BCUT2D eigenvalue weighted by atomic mass is 16.3. The van der Waals surface area contributed by atoms with Crippen molar-refractivity contribution >= 4 is 0 Å². The Morgan fingerprint density at radius 3 is 1.80 bits per heavy atom. The van der Waals surface area contributed by atoms with E-state index in [-0.39, 0.29) is 17.0 Å². The standard InChI is InChI=1S/C20H19N3O2/c1-20(2,3)23-19(14-6-10-16(25)11-7-14)17(12-21)18(22-23)13-4-8-15(24)9-5-13/h4-11,24-25H,1-3H3. The Hall–Kier alpha value is -3.26. The van der Waals surface area contributed by atoms with E-state index in [0.29, 0.717) is 17.0 Å². The van der Waals surface area contributed by atoms with Crippen LogP contribution in [-0.4, -0.2) is 20.0 Å². The zero-order valence-corrected chi connectivity index (χ0v) is 14.4. The lowest BCUT2D eigenvalue weighted by atomic mass is 10.0. The average Bonchev–Trinajstić information content (AvgIpc) is 2.96. The first kappa shape index (κ1) is 16.6. The van der Waals surface area contributed by atoms with Gasteiger partial charge in [-0.3, -0.25) is 4.68 Å². The molecular weight excluding hydrogens is 314 g/mol. The van der Waals surface area contributed by atoms with E-state index in [4.69, 9.17) is 5.10 Å². The number of phenols is 2. The smallest absolute Gasteiger partial charge is 0.115 e. The Morgan fingerprint density at radius 1 is 0.880 bits per heavy atom. The molecule has 126 valence electrons. The Bertz CT molecular complexity index is 941. The molecule has 5 nitrogen and oxygen atoms in total. The summed E-state index contributed by atoms with van der Waals surface area (Å²) in [5, 5.41) is 33.6. The summed E-state index contributed by atoms with van der Waals surface area (Å²) in [6, 6.07) is 15.6. The second-order valence-corrected chi connectivity index (χ2v) is 6.86. The molecule has 0 aliphatic heterocycles. The van der Waals surface area contributed by atoms with Crippen molar-refractivity contribution in [1.29, 1.82) is 5.26 Å². The van der Waals surface area contributed by atoms with Crippen LogP contribution in [0.3, 0.4) is 0 Å². The number of benzene rings is 2. The highest BCUT2D eigenvalue weighted by molar-refractivity contribution is 5.78. The third-order valence-corrected chi connectivity index (χ3v) is 3.91. The van der Waals surface area contributed by atoms with Crippen LogP contribution in [0.15, 0.2) is 48.5 Å². The third kappa shape index (κ3) is 3.07. The Kier molecular flexibility index (Phi) is 3.97. The number of hydrogen-bond donors (Lipinski definition) is 2. The molecule has 0 saturated heterocycles. The van der Waals surface area contributed by atoms with E-state index in [2.05, 4.69) is 6.07 Å². The fraction of sp³-hybridized carbons (Fsp3) is 0.200. The Labute approximate surface area is 146 Å². The van der Waals surface area contributed by atoms with Gasteiger partial charge in [-0.15, -0.1) is 0 Å². The number of nitrogens with zero attached hydrogens (tertiary/aromatic N) is 3. The van der Waals surface area contributed by atoms with Gasteiger partial charge in [-0.2, -0.15) is 10.4 Å². The molecule has 0 aliphatic rings.